The molecule has 2 saturated heterocycles. The topological polar surface area (TPSA) is 75.7 Å². The molecule has 2 heterocycles. The maximum Gasteiger partial charge on any atom is 0.243 e. The molecule has 2 aliphatic heterocycles. The predicted octanol–water partition coefficient (Wildman–Crippen LogP) is 2.18. The number of imide groups is 1. The fourth-order valence-electron chi connectivity index (χ4n) is 5.42. The van der Waals surface area contributed by atoms with E-state index in [9.17, 15) is 14.4 Å². The second-order valence-electron chi connectivity index (χ2n) is 8.23. The number of fused-ring (bicyclic) bond motifs is 5. The second-order valence-corrected chi connectivity index (χ2v) is 11.3. The number of thioether (sulfide) groups is 1. The third-order valence-corrected chi connectivity index (χ3v) is 10.6. The fourth-order valence-corrected chi connectivity index (χ4v) is 7.76. The Bertz CT molecular complexity index is 628. The molecule has 4 fully saturated rings. The van der Waals surface area contributed by atoms with E-state index in [0.29, 0.717) is 13.0 Å². The number of carbonyl (C=O) groups is 3. The van der Waals surface area contributed by atoms with Crippen LogP contribution >= 0.6 is 43.6 Å². The smallest absolute Gasteiger partial charge is 0.243 e. The van der Waals surface area contributed by atoms with Crippen LogP contribution in [0.5, 0.6) is 0 Å². The van der Waals surface area contributed by atoms with Crippen molar-refractivity contribution in [1.82, 2.24) is 10.2 Å². The molecule has 0 radical (unpaired) electrons. The summed E-state index contributed by atoms with van der Waals surface area (Å²) in [4.78, 5) is 41.2. The number of halogens is 2. The SMILES string of the molecule is CSCC[C@H](C(=O)NC[C@@H]1CCCO1)N1C(=O)[C@@H]2[C@H]3C[C@@H]([C@H](Br)[C@H]3Br)[C@@H]2C1=O. The Morgan fingerprint density at radius 1 is 1.25 bits per heavy atom. The summed E-state index contributed by atoms with van der Waals surface area (Å²) >= 11 is 9.04. The van der Waals surface area contributed by atoms with Crippen LogP contribution in [0, 0.1) is 23.7 Å². The Hall–Kier alpha value is -0.120. The van der Waals surface area contributed by atoms with Crippen LogP contribution < -0.4 is 5.32 Å². The summed E-state index contributed by atoms with van der Waals surface area (Å²) in [6.07, 6.45) is 5.33. The van der Waals surface area contributed by atoms with Crippen molar-refractivity contribution in [3.8, 4) is 0 Å². The molecule has 28 heavy (non-hydrogen) atoms. The molecule has 1 N–H and O–H groups in total. The van der Waals surface area contributed by atoms with Crippen LogP contribution in [0.3, 0.4) is 0 Å². The van der Waals surface area contributed by atoms with E-state index in [0.717, 1.165) is 31.6 Å². The molecule has 6 nitrogen and oxygen atoms in total. The molecule has 8 atom stereocenters. The van der Waals surface area contributed by atoms with Crippen LogP contribution in [0.25, 0.3) is 0 Å². The van der Waals surface area contributed by atoms with E-state index < -0.39 is 6.04 Å². The molecule has 0 aromatic rings. The van der Waals surface area contributed by atoms with Crippen molar-refractivity contribution in [2.45, 2.75) is 47.5 Å². The monoisotopic (exact) mass is 536 g/mol. The first-order chi connectivity index (χ1) is 13.5. The van der Waals surface area contributed by atoms with Crippen LogP contribution in [0.4, 0.5) is 0 Å². The number of amides is 3. The highest BCUT2D eigenvalue weighted by molar-refractivity contribution is 9.12. The zero-order chi connectivity index (χ0) is 20.0. The molecule has 3 amide bonds. The number of hydrogen-bond acceptors (Lipinski definition) is 5. The van der Waals surface area contributed by atoms with Crippen LogP contribution in [0.1, 0.15) is 25.7 Å². The molecule has 9 heteroatoms. The molecule has 4 aliphatic rings. The van der Waals surface area contributed by atoms with Gasteiger partial charge in [0, 0.05) is 22.8 Å². The van der Waals surface area contributed by atoms with E-state index in [4.69, 9.17) is 4.74 Å². The summed E-state index contributed by atoms with van der Waals surface area (Å²) in [6, 6.07) is -0.721. The Labute approximate surface area is 186 Å². The zero-order valence-electron chi connectivity index (χ0n) is 15.8. The lowest BCUT2D eigenvalue weighted by molar-refractivity contribution is -0.148. The first-order valence-corrected chi connectivity index (χ1v) is 13.2. The van der Waals surface area contributed by atoms with Gasteiger partial charge in [-0.2, -0.15) is 11.8 Å². The van der Waals surface area contributed by atoms with Crippen molar-refractivity contribution in [1.29, 1.82) is 0 Å². The van der Waals surface area contributed by atoms with Crippen molar-refractivity contribution >= 4 is 61.3 Å². The fraction of sp³-hybridized carbons (Fsp3) is 0.842. The molecule has 2 bridgehead atoms. The Morgan fingerprint density at radius 3 is 2.43 bits per heavy atom. The number of likely N-dealkylation sites (tertiary alicyclic amines) is 1. The lowest BCUT2D eigenvalue weighted by atomic mass is 9.81. The van der Waals surface area contributed by atoms with Gasteiger partial charge < -0.3 is 10.1 Å². The quantitative estimate of drug-likeness (QED) is 0.398. The van der Waals surface area contributed by atoms with Gasteiger partial charge in [0.1, 0.15) is 6.04 Å². The minimum atomic E-state index is -0.721. The number of nitrogens with one attached hydrogen (secondary N) is 1. The van der Waals surface area contributed by atoms with Gasteiger partial charge in [-0.3, -0.25) is 19.3 Å². The van der Waals surface area contributed by atoms with Crippen molar-refractivity contribution in [2.24, 2.45) is 23.7 Å². The summed E-state index contributed by atoms with van der Waals surface area (Å²) in [5.74, 6) is -0.0380. The molecule has 0 aromatic carbocycles. The lowest BCUT2D eigenvalue weighted by Crippen LogP contribution is -2.51. The Kier molecular flexibility index (Phi) is 6.45. The summed E-state index contributed by atoms with van der Waals surface area (Å²) in [7, 11) is 0. The Morgan fingerprint density at radius 2 is 1.89 bits per heavy atom. The average molecular weight is 538 g/mol. The van der Waals surface area contributed by atoms with E-state index in [1.54, 1.807) is 11.8 Å². The van der Waals surface area contributed by atoms with E-state index in [-0.39, 0.29) is 57.2 Å². The van der Waals surface area contributed by atoms with Crippen LogP contribution in [-0.4, -0.2) is 69.6 Å². The van der Waals surface area contributed by atoms with Gasteiger partial charge in [0.2, 0.25) is 17.7 Å². The minimum absolute atomic E-state index is 0.0358. The van der Waals surface area contributed by atoms with Gasteiger partial charge in [0.25, 0.3) is 0 Å². The minimum Gasteiger partial charge on any atom is -0.376 e. The molecule has 2 aliphatic carbocycles. The van der Waals surface area contributed by atoms with Gasteiger partial charge in [0.15, 0.2) is 0 Å². The Balaban J connectivity index is 1.50. The molecule has 0 unspecified atom stereocenters. The highest BCUT2D eigenvalue weighted by atomic mass is 79.9. The molecule has 2 saturated carbocycles. The average Bonchev–Trinajstić information content (AvgIpc) is 3.43. The van der Waals surface area contributed by atoms with Crippen molar-refractivity contribution < 1.29 is 19.1 Å². The zero-order valence-corrected chi connectivity index (χ0v) is 19.8. The van der Waals surface area contributed by atoms with E-state index in [1.165, 1.54) is 4.90 Å². The summed E-state index contributed by atoms with van der Waals surface area (Å²) in [6.45, 7) is 1.17. The van der Waals surface area contributed by atoms with Crippen molar-refractivity contribution in [3.05, 3.63) is 0 Å². The van der Waals surface area contributed by atoms with E-state index in [1.807, 2.05) is 6.26 Å². The van der Waals surface area contributed by atoms with Crippen molar-refractivity contribution in [2.75, 3.05) is 25.2 Å². The second kappa shape index (κ2) is 8.55. The van der Waals surface area contributed by atoms with Gasteiger partial charge in [-0.25, -0.2) is 0 Å². The number of rotatable bonds is 7. The highest BCUT2D eigenvalue weighted by Gasteiger charge is 2.67. The predicted molar refractivity (Wildman–Crippen MR) is 115 cm³/mol. The number of nitrogens with zero attached hydrogens (tertiary/aromatic N) is 1. The normalized spacial score (nSPS) is 40.2. The number of hydrogen-bond donors (Lipinski definition) is 1. The highest BCUT2D eigenvalue weighted by Crippen LogP contribution is 2.60. The molecular formula is C19H26Br2N2O4S. The number of ether oxygens (including phenoxy) is 1. The molecular weight excluding hydrogens is 512 g/mol. The maximum absolute atomic E-state index is 13.3. The maximum atomic E-state index is 13.3. The largest absolute Gasteiger partial charge is 0.376 e. The number of carbonyl (C=O) groups excluding carboxylic acids is 3. The third-order valence-electron chi connectivity index (χ3n) is 6.76. The molecule has 0 spiro atoms. The summed E-state index contributed by atoms with van der Waals surface area (Å²) < 4.78 is 5.58. The standard InChI is InChI=1S/C19H26Br2N2O4S/c1-28-6-4-12(17(24)22-8-9-3-2-5-27-9)23-18(25)13-10-7-11(14(13)19(23)26)16(21)15(10)20/h9-16H,2-8H2,1H3,(H,22,24)/t9-,10+,11+,12+,13-,14+,15-,16-/m0/s1. The lowest BCUT2D eigenvalue weighted by Gasteiger charge is -2.28. The van der Waals surface area contributed by atoms with Gasteiger partial charge >= 0.3 is 0 Å². The van der Waals surface area contributed by atoms with Gasteiger partial charge in [-0.15, -0.1) is 0 Å². The van der Waals surface area contributed by atoms with E-state index in [2.05, 4.69) is 37.2 Å². The number of alkyl halides is 2. The molecule has 0 aromatic heterocycles. The summed E-state index contributed by atoms with van der Waals surface area (Å²) in [5, 5.41) is 2.94. The van der Waals surface area contributed by atoms with E-state index >= 15 is 0 Å². The first kappa shape index (κ1) is 21.1. The van der Waals surface area contributed by atoms with Gasteiger partial charge in [-0.05, 0) is 49.5 Å². The summed E-state index contributed by atoms with van der Waals surface area (Å²) in [5.41, 5.74) is 0. The first-order valence-electron chi connectivity index (χ1n) is 9.99. The van der Waals surface area contributed by atoms with Crippen LogP contribution in [0.15, 0.2) is 0 Å². The molecule has 4 rings (SSSR count). The van der Waals surface area contributed by atoms with Crippen LogP contribution in [0.2, 0.25) is 0 Å². The third kappa shape index (κ3) is 3.48. The van der Waals surface area contributed by atoms with Crippen molar-refractivity contribution in [3.63, 3.8) is 0 Å². The molecule has 156 valence electrons. The van der Waals surface area contributed by atoms with Gasteiger partial charge in [-0.1, -0.05) is 31.9 Å². The van der Waals surface area contributed by atoms with Crippen LogP contribution in [-0.2, 0) is 19.1 Å². The van der Waals surface area contributed by atoms with Gasteiger partial charge in [0.05, 0.1) is 17.9 Å².